The van der Waals surface area contributed by atoms with Crippen molar-refractivity contribution in [3.63, 3.8) is 0 Å². The Hall–Kier alpha value is -2.86. The van der Waals surface area contributed by atoms with Crippen molar-refractivity contribution in [2.24, 2.45) is 5.10 Å². The molecule has 1 atom stereocenters. The molecule has 6 nitrogen and oxygen atoms in total. The number of aromatic carboxylic acids is 1. The van der Waals surface area contributed by atoms with Crippen molar-refractivity contribution < 1.29 is 19.4 Å². The third-order valence-electron chi connectivity index (χ3n) is 3.66. The van der Waals surface area contributed by atoms with E-state index in [1.54, 1.807) is 37.3 Å². The second-order valence-electron chi connectivity index (χ2n) is 5.76. The molecule has 0 saturated heterocycles. The fraction of sp³-hybridized carbons (Fsp3) is 0.211. The number of rotatable bonds is 6. The molecule has 0 fully saturated rings. The predicted molar refractivity (Wildman–Crippen MR) is 100 cm³/mol. The van der Waals surface area contributed by atoms with Gasteiger partial charge in [0, 0.05) is 10.6 Å². The topological polar surface area (TPSA) is 88.0 Å². The molecule has 0 saturated carbocycles. The van der Waals surface area contributed by atoms with Gasteiger partial charge in [0.2, 0.25) is 0 Å². The Kier molecular flexibility index (Phi) is 6.36. The van der Waals surface area contributed by atoms with E-state index >= 15 is 0 Å². The number of hydrogen-bond acceptors (Lipinski definition) is 4. The summed E-state index contributed by atoms with van der Waals surface area (Å²) in [4.78, 5) is 23.2. The molecule has 2 aromatic rings. The molecule has 1 unspecified atom stereocenters. The number of carboxylic acid groups (broad SMARTS) is 1. The Morgan fingerprint density at radius 1 is 1.23 bits per heavy atom. The van der Waals surface area contributed by atoms with Crippen molar-refractivity contribution >= 4 is 29.7 Å². The maximum atomic E-state index is 12.1. The fourth-order valence-electron chi connectivity index (χ4n) is 2.29. The molecule has 0 radical (unpaired) electrons. The van der Waals surface area contributed by atoms with E-state index in [1.165, 1.54) is 12.3 Å². The van der Waals surface area contributed by atoms with Crippen LogP contribution in [0.2, 0.25) is 5.02 Å². The quantitative estimate of drug-likeness (QED) is 0.597. The van der Waals surface area contributed by atoms with E-state index in [-0.39, 0.29) is 5.56 Å². The van der Waals surface area contributed by atoms with Crippen LogP contribution >= 0.6 is 11.6 Å². The lowest BCUT2D eigenvalue weighted by Crippen LogP contribution is -2.33. The Bertz CT molecular complexity index is 841. The summed E-state index contributed by atoms with van der Waals surface area (Å²) in [7, 11) is 0. The van der Waals surface area contributed by atoms with Gasteiger partial charge in [-0.05, 0) is 50.1 Å². The minimum atomic E-state index is -1.07. The van der Waals surface area contributed by atoms with Gasteiger partial charge in [0.15, 0.2) is 6.10 Å². The predicted octanol–water partition coefficient (Wildman–Crippen LogP) is 3.57. The number of nitrogens with zero attached hydrogens (tertiary/aromatic N) is 1. The van der Waals surface area contributed by atoms with Crippen molar-refractivity contribution in [1.29, 1.82) is 0 Å². The third kappa shape index (κ3) is 4.83. The van der Waals surface area contributed by atoms with Crippen LogP contribution in [0.25, 0.3) is 0 Å². The molecule has 2 aromatic carbocycles. The zero-order chi connectivity index (χ0) is 19.3. The first-order valence-corrected chi connectivity index (χ1v) is 8.26. The van der Waals surface area contributed by atoms with Crippen molar-refractivity contribution in [3.8, 4) is 5.75 Å². The third-order valence-corrected chi connectivity index (χ3v) is 4.26. The van der Waals surface area contributed by atoms with Gasteiger partial charge in [-0.25, -0.2) is 10.2 Å². The van der Waals surface area contributed by atoms with Gasteiger partial charge >= 0.3 is 5.97 Å². The van der Waals surface area contributed by atoms with Gasteiger partial charge in [-0.1, -0.05) is 29.8 Å². The highest BCUT2D eigenvalue weighted by Crippen LogP contribution is 2.26. The summed E-state index contributed by atoms with van der Waals surface area (Å²) < 4.78 is 5.62. The van der Waals surface area contributed by atoms with Crippen LogP contribution in [-0.4, -0.2) is 29.3 Å². The SMILES string of the molecule is Cc1cc(OC(C)C(=O)N/N=C/c2ccccc2C(=O)O)cc(C)c1Cl. The molecule has 0 heterocycles. The molecule has 0 aliphatic rings. The lowest BCUT2D eigenvalue weighted by molar-refractivity contribution is -0.127. The van der Waals surface area contributed by atoms with Gasteiger partial charge in [-0.3, -0.25) is 4.79 Å². The number of carbonyl (C=O) groups excluding carboxylic acids is 1. The zero-order valence-corrected chi connectivity index (χ0v) is 15.4. The second kappa shape index (κ2) is 8.49. The molecule has 1 amide bonds. The van der Waals surface area contributed by atoms with Crippen LogP contribution in [0, 0.1) is 13.8 Å². The first-order chi connectivity index (χ1) is 12.3. The number of aryl methyl sites for hydroxylation is 2. The molecule has 0 aliphatic carbocycles. The lowest BCUT2D eigenvalue weighted by Gasteiger charge is -2.15. The van der Waals surface area contributed by atoms with Gasteiger partial charge in [0.25, 0.3) is 5.91 Å². The first-order valence-electron chi connectivity index (χ1n) is 7.88. The minimum absolute atomic E-state index is 0.0990. The summed E-state index contributed by atoms with van der Waals surface area (Å²) in [5.74, 6) is -0.991. The molecule has 0 aliphatic heterocycles. The van der Waals surface area contributed by atoms with Gasteiger partial charge < -0.3 is 9.84 Å². The van der Waals surface area contributed by atoms with Gasteiger partial charge in [0.05, 0.1) is 11.8 Å². The van der Waals surface area contributed by atoms with E-state index in [9.17, 15) is 9.59 Å². The molecular formula is C19H19ClN2O4. The van der Waals surface area contributed by atoms with Gasteiger partial charge in [-0.15, -0.1) is 0 Å². The minimum Gasteiger partial charge on any atom is -0.481 e. The number of hydrogen-bond donors (Lipinski definition) is 2. The van der Waals surface area contributed by atoms with Gasteiger partial charge in [0.1, 0.15) is 5.75 Å². The average molecular weight is 375 g/mol. The largest absolute Gasteiger partial charge is 0.481 e. The van der Waals surface area contributed by atoms with Crippen LogP contribution in [0.1, 0.15) is 34.0 Å². The van der Waals surface area contributed by atoms with E-state index in [1.807, 2.05) is 13.8 Å². The normalized spacial score (nSPS) is 12.0. The van der Waals surface area contributed by atoms with Crippen molar-refractivity contribution in [1.82, 2.24) is 5.43 Å². The molecule has 2 rings (SSSR count). The molecule has 0 aromatic heterocycles. The molecular weight excluding hydrogens is 356 g/mol. The zero-order valence-electron chi connectivity index (χ0n) is 14.6. The Morgan fingerprint density at radius 2 is 1.85 bits per heavy atom. The molecule has 0 spiro atoms. The van der Waals surface area contributed by atoms with E-state index in [4.69, 9.17) is 21.4 Å². The van der Waals surface area contributed by atoms with Crippen LogP contribution < -0.4 is 10.2 Å². The molecule has 136 valence electrons. The highest BCUT2D eigenvalue weighted by molar-refractivity contribution is 6.32. The van der Waals surface area contributed by atoms with E-state index in [2.05, 4.69) is 10.5 Å². The number of benzene rings is 2. The van der Waals surface area contributed by atoms with Crippen molar-refractivity contribution in [3.05, 3.63) is 63.7 Å². The van der Waals surface area contributed by atoms with Crippen LogP contribution in [-0.2, 0) is 4.79 Å². The highest BCUT2D eigenvalue weighted by atomic mass is 35.5. The Balaban J connectivity index is 2.01. The smallest absolute Gasteiger partial charge is 0.336 e. The summed E-state index contributed by atoms with van der Waals surface area (Å²) in [6, 6.07) is 9.87. The second-order valence-corrected chi connectivity index (χ2v) is 6.14. The van der Waals surface area contributed by atoms with E-state index in [0.29, 0.717) is 16.3 Å². The van der Waals surface area contributed by atoms with Crippen LogP contribution in [0.5, 0.6) is 5.75 Å². The maximum Gasteiger partial charge on any atom is 0.336 e. The lowest BCUT2D eigenvalue weighted by atomic mass is 10.1. The number of ether oxygens (including phenoxy) is 1. The van der Waals surface area contributed by atoms with Gasteiger partial charge in [-0.2, -0.15) is 5.10 Å². The standard InChI is InChI=1S/C19H19ClN2O4/c1-11-8-15(9-12(2)17(11)20)26-13(3)18(23)22-21-10-14-6-4-5-7-16(14)19(24)25/h4-10,13H,1-3H3,(H,22,23)(H,24,25)/b21-10+. The van der Waals surface area contributed by atoms with Crippen LogP contribution in [0.15, 0.2) is 41.5 Å². The number of hydrazone groups is 1. The maximum absolute atomic E-state index is 12.1. The van der Waals surface area contributed by atoms with Crippen molar-refractivity contribution in [2.45, 2.75) is 26.9 Å². The molecule has 0 bridgehead atoms. The molecule has 7 heteroatoms. The number of carbonyl (C=O) groups is 2. The highest BCUT2D eigenvalue weighted by Gasteiger charge is 2.15. The van der Waals surface area contributed by atoms with Crippen molar-refractivity contribution in [2.75, 3.05) is 0 Å². The summed E-state index contributed by atoms with van der Waals surface area (Å²) in [5.41, 5.74) is 4.55. The summed E-state index contributed by atoms with van der Waals surface area (Å²) >= 11 is 6.11. The summed E-state index contributed by atoms with van der Waals surface area (Å²) in [6.07, 6.45) is 0.492. The van der Waals surface area contributed by atoms with Crippen LogP contribution in [0.3, 0.4) is 0 Å². The number of carboxylic acids is 1. The average Bonchev–Trinajstić information content (AvgIpc) is 2.59. The molecule has 2 N–H and O–H groups in total. The Morgan fingerprint density at radius 3 is 2.46 bits per heavy atom. The van der Waals surface area contributed by atoms with E-state index in [0.717, 1.165) is 11.1 Å². The monoisotopic (exact) mass is 374 g/mol. The number of amides is 1. The number of nitrogens with one attached hydrogen (secondary N) is 1. The summed E-state index contributed by atoms with van der Waals surface area (Å²) in [5, 5.41) is 13.6. The first kappa shape index (κ1) is 19.5. The summed E-state index contributed by atoms with van der Waals surface area (Å²) in [6.45, 7) is 5.31. The number of halogens is 1. The Labute approximate surface area is 156 Å². The fourth-order valence-corrected chi connectivity index (χ4v) is 2.40. The van der Waals surface area contributed by atoms with E-state index < -0.39 is 18.0 Å². The van der Waals surface area contributed by atoms with Crippen LogP contribution in [0.4, 0.5) is 0 Å². The molecule has 26 heavy (non-hydrogen) atoms.